The highest BCUT2D eigenvalue weighted by Crippen LogP contribution is 2.25. The molecule has 0 saturated carbocycles. The van der Waals surface area contributed by atoms with E-state index in [1.165, 1.54) is 5.56 Å². The molecular weight excluding hydrogens is 338 g/mol. The maximum absolute atomic E-state index is 12.9. The highest BCUT2D eigenvalue weighted by atomic mass is 16.2. The van der Waals surface area contributed by atoms with Gasteiger partial charge in [-0.15, -0.1) is 0 Å². The van der Waals surface area contributed by atoms with E-state index >= 15 is 0 Å². The minimum atomic E-state index is -0.0269. The van der Waals surface area contributed by atoms with Gasteiger partial charge in [-0.05, 0) is 41.7 Å². The van der Waals surface area contributed by atoms with E-state index < -0.39 is 0 Å². The van der Waals surface area contributed by atoms with Crippen LogP contribution >= 0.6 is 0 Å². The highest BCUT2D eigenvalue weighted by Gasteiger charge is 2.26. The number of amides is 2. The van der Waals surface area contributed by atoms with Crippen LogP contribution in [0.15, 0.2) is 42.7 Å². The van der Waals surface area contributed by atoms with Gasteiger partial charge in [-0.1, -0.05) is 32.9 Å². The second-order valence-corrected chi connectivity index (χ2v) is 8.11. The molecule has 5 nitrogen and oxygen atoms in total. The average molecular weight is 365 g/mol. The molecule has 2 amide bonds. The summed E-state index contributed by atoms with van der Waals surface area (Å²) >= 11 is 0. The topological polar surface area (TPSA) is 53.5 Å². The number of benzene rings is 1. The second-order valence-electron chi connectivity index (χ2n) is 8.11. The lowest BCUT2D eigenvalue weighted by Gasteiger charge is -2.35. The molecule has 0 bridgehead atoms. The zero-order valence-corrected chi connectivity index (χ0v) is 16.5. The van der Waals surface area contributed by atoms with E-state index in [-0.39, 0.29) is 17.2 Å². The maximum atomic E-state index is 12.9. The predicted molar refractivity (Wildman–Crippen MR) is 106 cm³/mol. The number of aromatic nitrogens is 1. The molecule has 0 radical (unpaired) electrons. The molecule has 0 aliphatic carbocycles. The third-order valence-corrected chi connectivity index (χ3v) is 5.09. The van der Waals surface area contributed by atoms with Gasteiger partial charge < -0.3 is 9.80 Å². The molecule has 0 spiro atoms. The quantitative estimate of drug-likeness (QED) is 0.821. The average Bonchev–Trinajstić information content (AvgIpc) is 2.67. The van der Waals surface area contributed by atoms with Crippen LogP contribution in [0.25, 0.3) is 0 Å². The summed E-state index contributed by atoms with van der Waals surface area (Å²) in [6, 6.07) is 9.62. The van der Waals surface area contributed by atoms with E-state index in [1.807, 2.05) is 24.0 Å². The lowest BCUT2D eigenvalue weighted by atomic mass is 9.85. The summed E-state index contributed by atoms with van der Waals surface area (Å²) in [5.41, 5.74) is 3.62. The van der Waals surface area contributed by atoms with Gasteiger partial charge in [0.05, 0.1) is 5.56 Å². The van der Waals surface area contributed by atoms with Crippen molar-refractivity contribution in [2.24, 2.45) is 0 Å². The molecule has 2 aromatic rings. The SMILES string of the molecule is Cc1cc(C(C)(C)C)ccc1C(=O)N1CCN(C(=O)c2cccnc2)CC1. The Balaban J connectivity index is 1.66. The zero-order valence-electron chi connectivity index (χ0n) is 16.5. The number of rotatable bonds is 2. The Morgan fingerprint density at radius 3 is 2.11 bits per heavy atom. The molecule has 3 rings (SSSR count). The lowest BCUT2D eigenvalue weighted by molar-refractivity contribution is 0.0535. The smallest absolute Gasteiger partial charge is 0.255 e. The van der Waals surface area contributed by atoms with Gasteiger partial charge in [-0.2, -0.15) is 0 Å². The molecule has 5 heteroatoms. The van der Waals surface area contributed by atoms with Gasteiger partial charge in [0, 0.05) is 44.1 Å². The predicted octanol–water partition coefficient (Wildman–Crippen LogP) is 3.29. The Labute approximate surface area is 161 Å². The van der Waals surface area contributed by atoms with Crippen LogP contribution in [0.3, 0.4) is 0 Å². The molecule has 1 aromatic heterocycles. The van der Waals surface area contributed by atoms with Crippen LogP contribution < -0.4 is 0 Å². The Bertz CT molecular complexity index is 832. The number of aryl methyl sites for hydroxylation is 1. The first-order valence-corrected chi connectivity index (χ1v) is 9.37. The van der Waals surface area contributed by atoms with E-state index in [4.69, 9.17) is 0 Å². The summed E-state index contributed by atoms with van der Waals surface area (Å²) in [6.07, 6.45) is 3.24. The normalized spacial score (nSPS) is 15.0. The minimum absolute atomic E-state index is 0.0269. The first kappa shape index (κ1) is 19.1. The summed E-state index contributed by atoms with van der Waals surface area (Å²) in [7, 11) is 0. The molecule has 1 aromatic carbocycles. The Morgan fingerprint density at radius 1 is 0.963 bits per heavy atom. The number of carbonyl (C=O) groups is 2. The van der Waals surface area contributed by atoms with Crippen molar-refractivity contribution < 1.29 is 9.59 Å². The number of piperazine rings is 1. The fourth-order valence-electron chi connectivity index (χ4n) is 3.32. The molecule has 2 heterocycles. The molecular formula is C22H27N3O2. The molecule has 27 heavy (non-hydrogen) atoms. The van der Waals surface area contributed by atoms with Crippen LogP contribution in [0.5, 0.6) is 0 Å². The monoisotopic (exact) mass is 365 g/mol. The van der Waals surface area contributed by atoms with Crippen LogP contribution in [0.4, 0.5) is 0 Å². The van der Waals surface area contributed by atoms with Crippen molar-refractivity contribution in [1.82, 2.24) is 14.8 Å². The third-order valence-electron chi connectivity index (χ3n) is 5.09. The summed E-state index contributed by atoms with van der Waals surface area (Å²) in [5.74, 6) is 0.0161. The summed E-state index contributed by atoms with van der Waals surface area (Å²) in [4.78, 5) is 33.1. The van der Waals surface area contributed by atoms with Gasteiger partial charge in [0.2, 0.25) is 0 Å². The van der Waals surface area contributed by atoms with Gasteiger partial charge in [-0.3, -0.25) is 14.6 Å². The van der Waals surface area contributed by atoms with Crippen molar-refractivity contribution in [2.45, 2.75) is 33.1 Å². The first-order valence-electron chi connectivity index (χ1n) is 9.37. The molecule has 1 aliphatic rings. The van der Waals surface area contributed by atoms with Crippen LogP contribution in [0.2, 0.25) is 0 Å². The molecule has 142 valence electrons. The van der Waals surface area contributed by atoms with Gasteiger partial charge in [0.15, 0.2) is 0 Å². The van der Waals surface area contributed by atoms with Crippen LogP contribution in [-0.4, -0.2) is 52.8 Å². The van der Waals surface area contributed by atoms with Crippen molar-refractivity contribution in [3.63, 3.8) is 0 Å². The van der Waals surface area contributed by atoms with Crippen LogP contribution in [0.1, 0.15) is 52.6 Å². The van der Waals surface area contributed by atoms with Crippen molar-refractivity contribution in [3.8, 4) is 0 Å². The lowest BCUT2D eigenvalue weighted by Crippen LogP contribution is -2.50. The van der Waals surface area contributed by atoms with Gasteiger partial charge in [-0.25, -0.2) is 0 Å². The number of carbonyl (C=O) groups excluding carboxylic acids is 2. The molecule has 0 atom stereocenters. The highest BCUT2D eigenvalue weighted by molar-refractivity contribution is 5.96. The number of nitrogens with zero attached hydrogens (tertiary/aromatic N) is 3. The standard InChI is InChI=1S/C22H27N3O2/c1-16-14-18(22(2,3)4)7-8-19(16)21(27)25-12-10-24(11-13-25)20(26)17-6-5-9-23-15-17/h5-9,14-15H,10-13H2,1-4H3. The van der Waals surface area contributed by atoms with E-state index in [0.717, 1.165) is 11.1 Å². The zero-order chi connectivity index (χ0) is 19.6. The van der Waals surface area contributed by atoms with Crippen molar-refractivity contribution in [3.05, 3.63) is 65.0 Å². The van der Waals surface area contributed by atoms with E-state index in [1.54, 1.807) is 29.4 Å². The summed E-state index contributed by atoms with van der Waals surface area (Å²) < 4.78 is 0. The van der Waals surface area contributed by atoms with Gasteiger partial charge in [0.25, 0.3) is 11.8 Å². The van der Waals surface area contributed by atoms with Crippen LogP contribution in [0, 0.1) is 6.92 Å². The second kappa shape index (κ2) is 7.51. The van der Waals surface area contributed by atoms with E-state index in [2.05, 4.69) is 31.8 Å². The Kier molecular flexibility index (Phi) is 5.31. The fourth-order valence-corrected chi connectivity index (χ4v) is 3.32. The third kappa shape index (κ3) is 4.18. The van der Waals surface area contributed by atoms with E-state index in [9.17, 15) is 9.59 Å². The number of pyridine rings is 1. The Morgan fingerprint density at radius 2 is 1.59 bits per heavy atom. The molecule has 0 unspecified atom stereocenters. The minimum Gasteiger partial charge on any atom is -0.335 e. The van der Waals surface area contributed by atoms with Crippen molar-refractivity contribution in [1.29, 1.82) is 0 Å². The summed E-state index contributed by atoms with van der Waals surface area (Å²) in [5, 5.41) is 0. The fraction of sp³-hybridized carbons (Fsp3) is 0.409. The molecule has 1 saturated heterocycles. The Hall–Kier alpha value is -2.69. The summed E-state index contributed by atoms with van der Waals surface area (Å²) in [6.45, 7) is 10.7. The van der Waals surface area contributed by atoms with Crippen molar-refractivity contribution in [2.75, 3.05) is 26.2 Å². The molecule has 1 aliphatic heterocycles. The van der Waals surface area contributed by atoms with Gasteiger partial charge in [0.1, 0.15) is 0 Å². The first-order chi connectivity index (χ1) is 12.8. The number of hydrogen-bond acceptors (Lipinski definition) is 3. The van der Waals surface area contributed by atoms with Crippen molar-refractivity contribution >= 4 is 11.8 Å². The van der Waals surface area contributed by atoms with E-state index in [0.29, 0.717) is 31.7 Å². The van der Waals surface area contributed by atoms with Crippen LogP contribution in [-0.2, 0) is 5.41 Å². The largest absolute Gasteiger partial charge is 0.335 e. The maximum Gasteiger partial charge on any atom is 0.255 e. The van der Waals surface area contributed by atoms with Gasteiger partial charge >= 0.3 is 0 Å². The molecule has 0 N–H and O–H groups in total. The number of hydrogen-bond donors (Lipinski definition) is 0. The molecule has 1 fully saturated rings.